The maximum Gasteiger partial charge on any atom is 0.131 e. The molecule has 2 aromatic heterocycles. The molecular weight excluding hydrogens is 392 g/mol. The quantitative estimate of drug-likeness (QED) is 0.559. The van der Waals surface area contributed by atoms with Gasteiger partial charge in [0.25, 0.3) is 0 Å². The molecule has 1 fully saturated rings. The molecule has 0 atom stereocenters. The molecule has 158 valence electrons. The van der Waals surface area contributed by atoms with Gasteiger partial charge in [-0.05, 0) is 74.7 Å². The third kappa shape index (κ3) is 6.36. The van der Waals surface area contributed by atoms with Crippen LogP contribution < -0.4 is 10.1 Å². The molecule has 0 spiro atoms. The van der Waals surface area contributed by atoms with Gasteiger partial charge in [-0.25, -0.2) is 4.98 Å². The molecule has 3 heterocycles. The lowest BCUT2D eigenvalue weighted by molar-refractivity contribution is 0.199. The number of hydrogen-bond donors (Lipinski definition) is 1. The standard InChI is InChI=1S/C24H30N4OS/c1-19-27-23(18-30-19)17-29-24-4-2-21(3-5-24)16-26-22-9-14-28(15-10-22)13-8-20-6-11-25-12-7-20/h2-7,11-12,18,22,26H,8-10,13-17H2,1H3. The van der Waals surface area contributed by atoms with Gasteiger partial charge in [-0.3, -0.25) is 4.98 Å². The number of hydrogen-bond acceptors (Lipinski definition) is 6. The third-order valence-electron chi connectivity index (χ3n) is 5.63. The van der Waals surface area contributed by atoms with Crippen molar-refractivity contribution in [3.05, 3.63) is 76.0 Å². The van der Waals surface area contributed by atoms with Crippen LogP contribution in [0.3, 0.4) is 0 Å². The van der Waals surface area contributed by atoms with Crippen LogP contribution in [0.1, 0.15) is 34.7 Å². The number of nitrogens with zero attached hydrogens (tertiary/aromatic N) is 3. The molecule has 1 aromatic carbocycles. The Morgan fingerprint density at radius 2 is 1.83 bits per heavy atom. The molecule has 1 N–H and O–H groups in total. The normalized spacial score (nSPS) is 15.4. The van der Waals surface area contributed by atoms with Gasteiger partial charge in [-0.1, -0.05) is 12.1 Å². The first kappa shape index (κ1) is 21.0. The number of ether oxygens (including phenoxy) is 1. The summed E-state index contributed by atoms with van der Waals surface area (Å²) in [6.45, 7) is 6.94. The number of rotatable bonds is 9. The average molecular weight is 423 g/mol. The topological polar surface area (TPSA) is 50.3 Å². The molecule has 0 amide bonds. The lowest BCUT2D eigenvalue weighted by atomic mass is 10.0. The van der Waals surface area contributed by atoms with Crippen molar-refractivity contribution in [1.82, 2.24) is 20.2 Å². The SMILES string of the molecule is Cc1nc(COc2ccc(CNC3CCN(CCc4ccncc4)CC3)cc2)cs1. The number of aryl methyl sites for hydroxylation is 1. The molecule has 30 heavy (non-hydrogen) atoms. The Morgan fingerprint density at radius 3 is 2.53 bits per heavy atom. The second kappa shape index (κ2) is 10.7. The maximum absolute atomic E-state index is 5.84. The molecule has 4 rings (SSSR count). The van der Waals surface area contributed by atoms with Crippen molar-refractivity contribution in [3.8, 4) is 5.75 Å². The fourth-order valence-corrected chi connectivity index (χ4v) is 4.39. The molecule has 0 aliphatic carbocycles. The molecular formula is C24H30N4OS. The Hall–Kier alpha value is -2.28. The first-order chi connectivity index (χ1) is 14.7. The second-order valence-electron chi connectivity index (χ2n) is 7.89. The predicted octanol–water partition coefficient (Wildman–Crippen LogP) is 4.22. The Labute approximate surface area is 183 Å². The first-order valence-electron chi connectivity index (χ1n) is 10.7. The van der Waals surface area contributed by atoms with Crippen LogP contribution in [0, 0.1) is 6.92 Å². The number of pyridine rings is 1. The van der Waals surface area contributed by atoms with Gasteiger partial charge < -0.3 is 15.0 Å². The maximum atomic E-state index is 5.84. The first-order valence-corrected chi connectivity index (χ1v) is 11.6. The molecule has 0 unspecified atom stereocenters. The Bertz CT molecular complexity index is 889. The number of piperidine rings is 1. The molecule has 1 aliphatic heterocycles. The van der Waals surface area contributed by atoms with E-state index in [-0.39, 0.29) is 0 Å². The van der Waals surface area contributed by atoms with E-state index in [9.17, 15) is 0 Å². The second-order valence-corrected chi connectivity index (χ2v) is 8.95. The van der Waals surface area contributed by atoms with Crippen LogP contribution >= 0.6 is 11.3 Å². The lowest BCUT2D eigenvalue weighted by Gasteiger charge is -2.32. The molecule has 3 aromatic rings. The summed E-state index contributed by atoms with van der Waals surface area (Å²) in [5, 5.41) is 6.86. The van der Waals surface area contributed by atoms with E-state index in [1.807, 2.05) is 19.3 Å². The largest absolute Gasteiger partial charge is 0.487 e. The summed E-state index contributed by atoms with van der Waals surface area (Å²) < 4.78 is 5.84. The van der Waals surface area contributed by atoms with Crippen molar-refractivity contribution >= 4 is 11.3 Å². The van der Waals surface area contributed by atoms with Crippen molar-refractivity contribution in [2.24, 2.45) is 0 Å². The number of aromatic nitrogens is 2. The molecule has 1 aliphatic rings. The van der Waals surface area contributed by atoms with Gasteiger partial charge in [0.1, 0.15) is 12.4 Å². The minimum Gasteiger partial charge on any atom is -0.487 e. The number of benzene rings is 1. The van der Waals surface area contributed by atoms with Gasteiger partial charge in [0, 0.05) is 36.9 Å². The van der Waals surface area contributed by atoms with Crippen LogP contribution in [0.2, 0.25) is 0 Å². The average Bonchev–Trinajstić information content (AvgIpc) is 3.22. The zero-order valence-electron chi connectivity index (χ0n) is 17.6. The van der Waals surface area contributed by atoms with Gasteiger partial charge in [0.15, 0.2) is 0 Å². The number of likely N-dealkylation sites (tertiary alicyclic amines) is 1. The van der Waals surface area contributed by atoms with Crippen molar-refractivity contribution in [2.45, 2.75) is 45.4 Å². The van der Waals surface area contributed by atoms with Gasteiger partial charge in [0.05, 0.1) is 10.7 Å². The monoisotopic (exact) mass is 422 g/mol. The zero-order valence-corrected chi connectivity index (χ0v) is 18.4. The molecule has 5 nitrogen and oxygen atoms in total. The summed E-state index contributed by atoms with van der Waals surface area (Å²) in [6.07, 6.45) is 7.30. The Balaban J connectivity index is 1.14. The van der Waals surface area contributed by atoms with Gasteiger partial charge >= 0.3 is 0 Å². The van der Waals surface area contributed by atoms with E-state index in [2.05, 4.69) is 62.0 Å². The Kier molecular flexibility index (Phi) is 7.45. The van der Waals surface area contributed by atoms with Gasteiger partial charge in [-0.2, -0.15) is 0 Å². The highest BCUT2D eigenvalue weighted by Gasteiger charge is 2.18. The van der Waals surface area contributed by atoms with Crippen molar-refractivity contribution < 1.29 is 4.74 Å². The summed E-state index contributed by atoms with van der Waals surface area (Å²) >= 11 is 1.66. The van der Waals surface area contributed by atoms with E-state index in [1.165, 1.54) is 37.1 Å². The van der Waals surface area contributed by atoms with E-state index in [4.69, 9.17) is 4.74 Å². The summed E-state index contributed by atoms with van der Waals surface area (Å²) in [7, 11) is 0. The van der Waals surface area contributed by atoms with Crippen molar-refractivity contribution in [1.29, 1.82) is 0 Å². The fourth-order valence-electron chi connectivity index (χ4n) is 3.79. The van der Waals surface area contributed by atoms with Gasteiger partial charge in [0.2, 0.25) is 0 Å². The van der Waals surface area contributed by atoms with Crippen molar-refractivity contribution in [2.75, 3.05) is 19.6 Å². The summed E-state index contributed by atoms with van der Waals surface area (Å²) in [4.78, 5) is 11.1. The fraction of sp³-hybridized carbons (Fsp3) is 0.417. The highest BCUT2D eigenvalue weighted by molar-refractivity contribution is 7.09. The summed E-state index contributed by atoms with van der Waals surface area (Å²) in [5.74, 6) is 0.895. The number of nitrogens with one attached hydrogen (secondary N) is 1. The van der Waals surface area contributed by atoms with Crippen LogP contribution in [0.15, 0.2) is 54.2 Å². The summed E-state index contributed by atoms with van der Waals surface area (Å²) in [5.41, 5.74) is 3.67. The molecule has 1 saturated heterocycles. The minimum atomic E-state index is 0.529. The predicted molar refractivity (Wildman–Crippen MR) is 122 cm³/mol. The van der Waals surface area contributed by atoms with E-state index in [0.29, 0.717) is 12.6 Å². The molecule has 6 heteroatoms. The van der Waals surface area contributed by atoms with E-state index >= 15 is 0 Å². The smallest absolute Gasteiger partial charge is 0.131 e. The molecule has 0 saturated carbocycles. The lowest BCUT2D eigenvalue weighted by Crippen LogP contribution is -2.42. The third-order valence-corrected chi connectivity index (χ3v) is 6.45. The highest BCUT2D eigenvalue weighted by atomic mass is 32.1. The zero-order chi connectivity index (χ0) is 20.6. The van der Waals surface area contributed by atoms with E-state index in [0.717, 1.165) is 36.0 Å². The van der Waals surface area contributed by atoms with Crippen molar-refractivity contribution in [3.63, 3.8) is 0 Å². The highest BCUT2D eigenvalue weighted by Crippen LogP contribution is 2.17. The van der Waals surface area contributed by atoms with Gasteiger partial charge in [-0.15, -0.1) is 11.3 Å². The summed E-state index contributed by atoms with van der Waals surface area (Å²) in [6, 6.07) is 13.2. The Morgan fingerprint density at radius 1 is 1.07 bits per heavy atom. The van der Waals surface area contributed by atoms with Crippen LogP contribution in [-0.2, 0) is 19.6 Å². The van der Waals surface area contributed by atoms with Crippen LogP contribution in [-0.4, -0.2) is 40.5 Å². The number of thiazole rings is 1. The van der Waals surface area contributed by atoms with Crippen LogP contribution in [0.5, 0.6) is 5.75 Å². The van der Waals surface area contributed by atoms with Crippen LogP contribution in [0.4, 0.5) is 0 Å². The van der Waals surface area contributed by atoms with Crippen LogP contribution in [0.25, 0.3) is 0 Å². The molecule has 0 bridgehead atoms. The minimum absolute atomic E-state index is 0.529. The van der Waals surface area contributed by atoms with E-state index in [1.54, 1.807) is 11.3 Å². The van der Waals surface area contributed by atoms with E-state index < -0.39 is 0 Å². The molecule has 0 radical (unpaired) electrons.